The van der Waals surface area contributed by atoms with E-state index in [0.29, 0.717) is 0 Å². The monoisotopic (exact) mass is 149 g/mol. The van der Waals surface area contributed by atoms with Gasteiger partial charge in [-0.25, -0.2) is 0 Å². The molecule has 0 amide bonds. The van der Waals surface area contributed by atoms with Crippen LogP contribution in [0.1, 0.15) is 11.1 Å². The molecule has 11 heavy (non-hydrogen) atoms. The van der Waals surface area contributed by atoms with Crippen LogP contribution in [0, 0.1) is 5.41 Å². The van der Waals surface area contributed by atoms with E-state index >= 15 is 0 Å². The van der Waals surface area contributed by atoms with Crippen molar-refractivity contribution in [1.29, 1.82) is 5.41 Å². The zero-order chi connectivity index (χ0) is 8.27. The Hall–Kier alpha value is -1.51. The minimum atomic E-state index is -0.333. The Kier molecular flexibility index (Phi) is 2.11. The van der Waals surface area contributed by atoms with Crippen molar-refractivity contribution in [3.05, 3.63) is 35.4 Å². The fourth-order valence-corrected chi connectivity index (χ4v) is 0.836. The van der Waals surface area contributed by atoms with Gasteiger partial charge in [0.15, 0.2) is 5.96 Å². The molecule has 0 bridgehead atoms. The zero-order valence-electron chi connectivity index (χ0n) is 6.17. The summed E-state index contributed by atoms with van der Waals surface area (Å²) in [4.78, 5) is 0. The predicted molar refractivity (Wildman–Crippen MR) is 45.3 cm³/mol. The van der Waals surface area contributed by atoms with E-state index in [4.69, 9.17) is 5.41 Å². The summed E-state index contributed by atoms with van der Waals surface area (Å²) in [5.74, 6) is -0.333. The molecule has 0 saturated carbocycles. The molecule has 5 N–H and O–H groups in total. The van der Waals surface area contributed by atoms with Gasteiger partial charge in [-0.1, -0.05) is 24.3 Å². The van der Waals surface area contributed by atoms with E-state index in [1.54, 1.807) is 0 Å². The van der Waals surface area contributed by atoms with Gasteiger partial charge < -0.3 is 11.5 Å². The van der Waals surface area contributed by atoms with Crippen molar-refractivity contribution < 1.29 is 0 Å². The van der Waals surface area contributed by atoms with Gasteiger partial charge in [-0.05, 0) is 17.5 Å². The number of nitrogens with two attached hydrogens (primary N) is 2. The lowest BCUT2D eigenvalue weighted by Crippen LogP contribution is -2.20. The summed E-state index contributed by atoms with van der Waals surface area (Å²) in [6.45, 7) is 0. The number of hydrogen-bond acceptors (Lipinski definition) is 1. The smallest absolute Gasteiger partial charge is 0.183 e. The minimum Gasteiger partial charge on any atom is -0.370 e. The van der Waals surface area contributed by atoms with Crippen LogP contribution in [0.25, 0.3) is 0 Å². The second-order valence-electron chi connectivity index (χ2n) is 2.40. The Morgan fingerprint density at radius 1 is 1.18 bits per heavy atom. The number of nitrogens with one attached hydrogen (secondary N) is 1. The predicted octanol–water partition coefficient (Wildman–Crippen LogP) is 0.429. The van der Waals surface area contributed by atoms with Gasteiger partial charge in [-0.3, -0.25) is 5.41 Å². The molecule has 58 valence electrons. The number of guanidine groups is 1. The zero-order valence-corrected chi connectivity index (χ0v) is 6.17. The minimum absolute atomic E-state index is 0.333. The summed E-state index contributed by atoms with van der Waals surface area (Å²) in [5, 5.41) is 6.06. The molecule has 0 aromatic heterocycles. The second kappa shape index (κ2) is 3.05. The lowest BCUT2D eigenvalue weighted by atomic mass is 10.4. The second-order valence-corrected chi connectivity index (χ2v) is 2.40. The molecule has 3 nitrogen and oxygen atoms in total. The maximum atomic E-state index is 6.06. The summed E-state index contributed by atoms with van der Waals surface area (Å²) < 4.78 is 0. The normalized spacial score (nSPS) is 10.5. The highest BCUT2D eigenvalue weighted by molar-refractivity contribution is 5.71. The molecule has 0 unspecified atom stereocenters. The van der Waals surface area contributed by atoms with Gasteiger partial charge >= 0.3 is 0 Å². The number of hydrogen-bond donors (Lipinski definition) is 3. The van der Waals surface area contributed by atoms with Crippen molar-refractivity contribution in [2.75, 3.05) is 0 Å². The molecular formula is C8H11N3. The molecule has 2 rings (SSSR count). The van der Waals surface area contributed by atoms with Gasteiger partial charge in [0.25, 0.3) is 0 Å². The summed E-state index contributed by atoms with van der Waals surface area (Å²) in [7, 11) is 0. The van der Waals surface area contributed by atoms with Crippen molar-refractivity contribution in [3.63, 3.8) is 0 Å². The molecular weight excluding hydrogens is 138 g/mol. The fourth-order valence-electron chi connectivity index (χ4n) is 0.836. The van der Waals surface area contributed by atoms with Crippen molar-refractivity contribution in [2.24, 2.45) is 11.5 Å². The van der Waals surface area contributed by atoms with Crippen molar-refractivity contribution in [1.82, 2.24) is 0 Å². The molecule has 1 aromatic rings. The van der Waals surface area contributed by atoms with Gasteiger partial charge in [0.1, 0.15) is 0 Å². The van der Waals surface area contributed by atoms with Crippen molar-refractivity contribution in [3.8, 4) is 0 Å². The standard InChI is InChI=1S/C7H6.CH5N3/c1-2-4-7-5-6(7)3-1;2-1(3)4/h1-4H,5H2;(H5,2,3,4). The Labute approximate surface area is 65.5 Å². The molecule has 0 atom stereocenters. The molecule has 0 heterocycles. The highest BCUT2D eigenvalue weighted by atomic mass is 14.9. The highest BCUT2D eigenvalue weighted by Gasteiger charge is 2.12. The van der Waals surface area contributed by atoms with Crippen molar-refractivity contribution >= 4 is 5.96 Å². The van der Waals surface area contributed by atoms with Crippen LogP contribution >= 0.6 is 0 Å². The Bertz CT molecular complexity index is 243. The Morgan fingerprint density at radius 2 is 1.55 bits per heavy atom. The molecule has 0 aliphatic heterocycles. The number of rotatable bonds is 0. The van der Waals surface area contributed by atoms with Gasteiger partial charge in [-0.2, -0.15) is 0 Å². The first kappa shape index (κ1) is 7.60. The fraction of sp³-hybridized carbons (Fsp3) is 0.125. The van der Waals surface area contributed by atoms with E-state index in [1.807, 2.05) is 0 Å². The van der Waals surface area contributed by atoms with E-state index in [2.05, 4.69) is 35.7 Å². The number of fused-ring (bicyclic) bond motifs is 1. The molecule has 0 radical (unpaired) electrons. The summed E-state index contributed by atoms with van der Waals surface area (Å²) >= 11 is 0. The van der Waals surface area contributed by atoms with Crippen LogP contribution in [0.2, 0.25) is 0 Å². The van der Waals surface area contributed by atoms with E-state index in [-0.39, 0.29) is 5.96 Å². The van der Waals surface area contributed by atoms with Crippen LogP contribution in [-0.4, -0.2) is 5.96 Å². The Morgan fingerprint density at radius 3 is 1.82 bits per heavy atom. The van der Waals surface area contributed by atoms with Crippen LogP contribution in [-0.2, 0) is 6.42 Å². The third-order valence-electron chi connectivity index (χ3n) is 1.37. The van der Waals surface area contributed by atoms with Crippen LogP contribution < -0.4 is 11.5 Å². The molecule has 0 fully saturated rings. The topological polar surface area (TPSA) is 75.9 Å². The SMILES string of the molecule is N=C(N)N.c1ccc2c(c1)C2. The van der Waals surface area contributed by atoms with E-state index in [0.717, 1.165) is 0 Å². The van der Waals surface area contributed by atoms with Crippen LogP contribution in [0.4, 0.5) is 0 Å². The average molecular weight is 149 g/mol. The first-order valence-electron chi connectivity index (χ1n) is 3.36. The summed E-state index contributed by atoms with van der Waals surface area (Å²) in [6.07, 6.45) is 1.24. The van der Waals surface area contributed by atoms with Crippen LogP contribution in [0.5, 0.6) is 0 Å². The van der Waals surface area contributed by atoms with E-state index < -0.39 is 0 Å². The highest BCUT2D eigenvalue weighted by Crippen LogP contribution is 2.25. The molecule has 1 aliphatic rings. The first-order valence-corrected chi connectivity index (χ1v) is 3.36. The molecule has 3 heteroatoms. The lowest BCUT2D eigenvalue weighted by molar-refractivity contribution is 1.39. The van der Waals surface area contributed by atoms with Gasteiger partial charge in [0, 0.05) is 0 Å². The van der Waals surface area contributed by atoms with Gasteiger partial charge in [0.2, 0.25) is 0 Å². The average Bonchev–Trinajstić information content (AvgIpc) is 2.62. The van der Waals surface area contributed by atoms with Gasteiger partial charge in [-0.15, -0.1) is 0 Å². The van der Waals surface area contributed by atoms with Crippen molar-refractivity contribution in [2.45, 2.75) is 6.42 Å². The molecule has 1 aromatic carbocycles. The third-order valence-corrected chi connectivity index (χ3v) is 1.37. The maximum Gasteiger partial charge on any atom is 0.183 e. The first-order chi connectivity index (χ1) is 5.20. The lowest BCUT2D eigenvalue weighted by Gasteiger charge is -1.69. The van der Waals surface area contributed by atoms with Crippen LogP contribution in [0.3, 0.4) is 0 Å². The Balaban J connectivity index is 0.000000134. The third kappa shape index (κ3) is 2.71. The molecule has 0 saturated heterocycles. The quantitative estimate of drug-likeness (QED) is 0.375. The summed E-state index contributed by atoms with van der Waals surface area (Å²) in [6, 6.07) is 8.53. The maximum absolute atomic E-state index is 6.06. The number of benzene rings is 1. The van der Waals surface area contributed by atoms with Gasteiger partial charge in [0.05, 0.1) is 0 Å². The summed E-state index contributed by atoms with van der Waals surface area (Å²) in [5.41, 5.74) is 12.0. The van der Waals surface area contributed by atoms with E-state index in [9.17, 15) is 0 Å². The largest absolute Gasteiger partial charge is 0.370 e. The molecule has 1 aliphatic carbocycles. The van der Waals surface area contributed by atoms with Crippen LogP contribution in [0.15, 0.2) is 24.3 Å². The molecule has 0 spiro atoms. The van der Waals surface area contributed by atoms with E-state index in [1.165, 1.54) is 17.5 Å².